The third-order valence-electron chi connectivity index (χ3n) is 3.09. The molecule has 0 atom stereocenters. The van der Waals surface area contributed by atoms with Gasteiger partial charge in [-0.1, -0.05) is 45.0 Å². The predicted molar refractivity (Wildman–Crippen MR) is 75.2 cm³/mol. The number of hydrogen-bond donors (Lipinski definition) is 0. The van der Waals surface area contributed by atoms with E-state index in [1.165, 1.54) is 18.0 Å². The number of benzene rings is 1. The molecule has 0 aliphatic carbocycles. The first-order valence-corrected chi connectivity index (χ1v) is 6.36. The molecule has 0 amide bonds. The number of Topliss-reactive ketones (excluding diaryl/α,β-unsaturated/α-hetero) is 1. The molecule has 0 aliphatic rings. The van der Waals surface area contributed by atoms with Gasteiger partial charge in [0.2, 0.25) is 0 Å². The molecule has 1 aromatic carbocycles. The lowest BCUT2D eigenvalue weighted by atomic mass is 9.86. The van der Waals surface area contributed by atoms with Gasteiger partial charge in [0.05, 0.1) is 12.4 Å². The first kappa shape index (κ1) is 13.4. The monoisotopic (exact) mass is 254 g/mol. The molecule has 1 aromatic heterocycles. The van der Waals surface area contributed by atoms with E-state index in [-0.39, 0.29) is 11.2 Å². The molecule has 19 heavy (non-hydrogen) atoms. The highest BCUT2D eigenvalue weighted by Crippen LogP contribution is 2.22. The Morgan fingerprint density at radius 2 is 1.74 bits per heavy atom. The zero-order valence-corrected chi connectivity index (χ0v) is 11.6. The molecule has 98 valence electrons. The van der Waals surface area contributed by atoms with Gasteiger partial charge in [0, 0.05) is 12.0 Å². The fourth-order valence-electron chi connectivity index (χ4n) is 1.87. The fraction of sp³-hybridized carbons (Fsp3) is 0.312. The molecule has 1 heterocycles. The molecule has 0 spiro atoms. The van der Waals surface area contributed by atoms with Gasteiger partial charge in [-0.3, -0.25) is 4.79 Å². The smallest absolute Gasteiger partial charge is 0.168 e. The van der Waals surface area contributed by atoms with E-state index in [1.807, 2.05) is 12.1 Å². The Morgan fingerprint density at radius 1 is 1.05 bits per heavy atom. The number of carbonyl (C=O) groups excluding carboxylic acids is 1. The van der Waals surface area contributed by atoms with Crippen LogP contribution in [0, 0.1) is 0 Å². The van der Waals surface area contributed by atoms with Gasteiger partial charge in [-0.05, 0) is 22.6 Å². The second-order valence-corrected chi connectivity index (χ2v) is 5.68. The number of carbonyl (C=O) groups is 1. The molecule has 0 fully saturated rings. The van der Waals surface area contributed by atoms with Crippen LogP contribution in [0.25, 0.3) is 0 Å². The molecule has 2 aromatic rings. The summed E-state index contributed by atoms with van der Waals surface area (Å²) in [5, 5.41) is 7.39. The largest absolute Gasteiger partial charge is 0.294 e. The summed E-state index contributed by atoms with van der Waals surface area (Å²) >= 11 is 0. The molecule has 0 radical (unpaired) electrons. The van der Waals surface area contributed by atoms with Gasteiger partial charge in [-0.25, -0.2) is 0 Å². The molecule has 3 heteroatoms. The Hall–Kier alpha value is -2.03. The van der Waals surface area contributed by atoms with Crippen molar-refractivity contribution in [1.29, 1.82) is 0 Å². The van der Waals surface area contributed by atoms with Crippen molar-refractivity contribution in [3.63, 3.8) is 0 Å². The summed E-state index contributed by atoms with van der Waals surface area (Å²) in [5.41, 5.74) is 3.04. The van der Waals surface area contributed by atoms with E-state index in [0.717, 1.165) is 5.56 Å². The minimum atomic E-state index is 0.0680. The second kappa shape index (κ2) is 5.31. The van der Waals surface area contributed by atoms with Gasteiger partial charge in [0.1, 0.15) is 0 Å². The quantitative estimate of drug-likeness (QED) is 0.790. The summed E-state index contributed by atoms with van der Waals surface area (Å²) in [5.74, 6) is 0.0680. The minimum absolute atomic E-state index is 0.0680. The van der Waals surface area contributed by atoms with E-state index in [9.17, 15) is 4.79 Å². The third-order valence-corrected chi connectivity index (χ3v) is 3.09. The molecule has 0 unspecified atom stereocenters. The van der Waals surface area contributed by atoms with Crippen molar-refractivity contribution in [2.75, 3.05) is 0 Å². The SMILES string of the molecule is CC(C)(C)c1ccc(CC(=O)c2ccnnc2)cc1. The lowest BCUT2D eigenvalue weighted by Gasteiger charge is -2.19. The van der Waals surface area contributed by atoms with Crippen molar-refractivity contribution in [2.45, 2.75) is 32.6 Å². The van der Waals surface area contributed by atoms with Crippen molar-refractivity contribution in [1.82, 2.24) is 10.2 Å². The number of aromatic nitrogens is 2. The molecule has 0 saturated carbocycles. The summed E-state index contributed by atoms with van der Waals surface area (Å²) in [4.78, 5) is 12.0. The van der Waals surface area contributed by atoms with Crippen molar-refractivity contribution in [3.05, 3.63) is 59.4 Å². The van der Waals surface area contributed by atoms with Crippen molar-refractivity contribution >= 4 is 5.78 Å². The van der Waals surface area contributed by atoms with Gasteiger partial charge >= 0.3 is 0 Å². The Balaban J connectivity index is 2.10. The van der Waals surface area contributed by atoms with Crippen LogP contribution >= 0.6 is 0 Å². The molecule has 0 aliphatic heterocycles. The molecule has 0 saturated heterocycles. The average molecular weight is 254 g/mol. The fourth-order valence-corrected chi connectivity index (χ4v) is 1.87. The van der Waals surface area contributed by atoms with Crippen molar-refractivity contribution in [3.8, 4) is 0 Å². The van der Waals surface area contributed by atoms with Gasteiger partial charge in [-0.2, -0.15) is 10.2 Å². The predicted octanol–water partition coefficient (Wildman–Crippen LogP) is 3.20. The van der Waals surface area contributed by atoms with E-state index in [1.54, 1.807) is 6.07 Å². The number of rotatable bonds is 3. The molecular formula is C16H18N2O. The van der Waals surface area contributed by atoms with Crippen LogP contribution in [0.2, 0.25) is 0 Å². The molecule has 3 nitrogen and oxygen atoms in total. The Bertz CT molecular complexity index is 554. The maximum absolute atomic E-state index is 12.0. The topological polar surface area (TPSA) is 42.9 Å². The molecule has 0 bridgehead atoms. The number of nitrogens with zero attached hydrogens (tertiary/aromatic N) is 2. The first-order chi connectivity index (χ1) is 8.97. The molecule has 2 rings (SSSR count). The Kier molecular flexibility index (Phi) is 3.74. The van der Waals surface area contributed by atoms with Crippen LogP contribution in [-0.4, -0.2) is 16.0 Å². The highest BCUT2D eigenvalue weighted by atomic mass is 16.1. The standard InChI is InChI=1S/C16H18N2O/c1-16(2,3)14-6-4-12(5-7-14)10-15(19)13-8-9-17-18-11-13/h4-9,11H,10H2,1-3H3. The van der Waals surface area contributed by atoms with Crippen molar-refractivity contribution < 1.29 is 4.79 Å². The van der Waals surface area contributed by atoms with Gasteiger partial charge in [0.25, 0.3) is 0 Å². The lowest BCUT2D eigenvalue weighted by molar-refractivity contribution is 0.0992. The maximum Gasteiger partial charge on any atom is 0.168 e. The van der Waals surface area contributed by atoms with Crippen LogP contribution < -0.4 is 0 Å². The zero-order valence-electron chi connectivity index (χ0n) is 11.6. The summed E-state index contributed by atoms with van der Waals surface area (Å²) in [7, 11) is 0. The molecular weight excluding hydrogens is 236 g/mol. The average Bonchev–Trinajstić information content (AvgIpc) is 2.39. The molecule has 0 N–H and O–H groups in total. The second-order valence-electron chi connectivity index (χ2n) is 5.68. The highest BCUT2D eigenvalue weighted by Gasteiger charge is 2.13. The number of hydrogen-bond acceptors (Lipinski definition) is 3. The van der Waals surface area contributed by atoms with Gasteiger partial charge in [-0.15, -0.1) is 0 Å². The van der Waals surface area contributed by atoms with E-state index < -0.39 is 0 Å². The Labute approximate surface area is 113 Å². The van der Waals surface area contributed by atoms with Crippen LogP contribution in [-0.2, 0) is 11.8 Å². The van der Waals surface area contributed by atoms with Crippen LogP contribution in [0.5, 0.6) is 0 Å². The van der Waals surface area contributed by atoms with Crippen molar-refractivity contribution in [2.24, 2.45) is 0 Å². The van der Waals surface area contributed by atoms with Crippen LogP contribution in [0.1, 0.15) is 42.3 Å². The summed E-state index contributed by atoms with van der Waals surface area (Å²) in [6, 6.07) is 9.92. The van der Waals surface area contributed by atoms with Crippen LogP contribution in [0.3, 0.4) is 0 Å². The van der Waals surface area contributed by atoms with E-state index in [2.05, 4.69) is 43.1 Å². The summed E-state index contributed by atoms with van der Waals surface area (Å²) in [6.45, 7) is 6.53. The van der Waals surface area contributed by atoms with E-state index in [0.29, 0.717) is 12.0 Å². The van der Waals surface area contributed by atoms with Crippen LogP contribution in [0.4, 0.5) is 0 Å². The lowest BCUT2D eigenvalue weighted by Crippen LogP contribution is -2.11. The Morgan fingerprint density at radius 3 is 2.26 bits per heavy atom. The van der Waals surface area contributed by atoms with Crippen LogP contribution in [0.15, 0.2) is 42.7 Å². The summed E-state index contributed by atoms with van der Waals surface area (Å²) in [6.07, 6.45) is 3.44. The normalized spacial score (nSPS) is 11.3. The van der Waals surface area contributed by atoms with E-state index in [4.69, 9.17) is 0 Å². The third kappa shape index (κ3) is 3.47. The highest BCUT2D eigenvalue weighted by molar-refractivity contribution is 5.97. The maximum atomic E-state index is 12.0. The number of ketones is 1. The zero-order chi connectivity index (χ0) is 13.9. The summed E-state index contributed by atoms with van der Waals surface area (Å²) < 4.78 is 0. The van der Waals surface area contributed by atoms with Gasteiger partial charge < -0.3 is 0 Å². The van der Waals surface area contributed by atoms with Gasteiger partial charge in [0.15, 0.2) is 5.78 Å². The van der Waals surface area contributed by atoms with E-state index >= 15 is 0 Å². The first-order valence-electron chi connectivity index (χ1n) is 6.36. The minimum Gasteiger partial charge on any atom is -0.294 e.